The number of nitrogens with two attached hydrogens (primary N) is 1. The maximum Gasteiger partial charge on any atom is 0.188 e. The van der Waals surface area contributed by atoms with E-state index in [1.165, 1.54) is 0 Å². The van der Waals surface area contributed by atoms with Crippen molar-refractivity contribution in [3.8, 4) is 11.5 Å². The lowest BCUT2D eigenvalue weighted by Gasteiger charge is -2.26. The SMILES string of the molecule is I.NC(=NCc1ccc(Oc2ccccc2)cc1)NCCCN1CCOCC1. The van der Waals surface area contributed by atoms with Crippen LogP contribution in [0.1, 0.15) is 12.0 Å². The predicted octanol–water partition coefficient (Wildman–Crippen LogP) is 3.22. The van der Waals surface area contributed by atoms with Gasteiger partial charge in [-0.1, -0.05) is 30.3 Å². The van der Waals surface area contributed by atoms with Crippen LogP contribution in [0.5, 0.6) is 11.5 Å². The summed E-state index contributed by atoms with van der Waals surface area (Å²) >= 11 is 0. The summed E-state index contributed by atoms with van der Waals surface area (Å²) in [5.41, 5.74) is 7.04. The van der Waals surface area contributed by atoms with Crippen LogP contribution < -0.4 is 15.8 Å². The van der Waals surface area contributed by atoms with E-state index in [2.05, 4.69) is 15.2 Å². The molecular formula is C21H29IN4O2. The molecule has 1 aliphatic rings. The highest BCUT2D eigenvalue weighted by atomic mass is 127. The maximum atomic E-state index is 5.95. The van der Waals surface area contributed by atoms with Crippen molar-refractivity contribution in [1.29, 1.82) is 0 Å². The fourth-order valence-electron chi connectivity index (χ4n) is 2.86. The van der Waals surface area contributed by atoms with Crippen LogP contribution in [-0.2, 0) is 11.3 Å². The van der Waals surface area contributed by atoms with Gasteiger partial charge in [0, 0.05) is 19.6 Å². The van der Waals surface area contributed by atoms with Gasteiger partial charge in [0.1, 0.15) is 11.5 Å². The van der Waals surface area contributed by atoms with E-state index in [-0.39, 0.29) is 24.0 Å². The lowest BCUT2D eigenvalue weighted by Crippen LogP contribution is -2.39. The third-order valence-corrected chi connectivity index (χ3v) is 4.40. The van der Waals surface area contributed by atoms with E-state index in [0.29, 0.717) is 12.5 Å². The fourth-order valence-corrected chi connectivity index (χ4v) is 2.86. The van der Waals surface area contributed by atoms with Crippen molar-refractivity contribution in [2.45, 2.75) is 13.0 Å². The average Bonchev–Trinajstić information content (AvgIpc) is 2.72. The van der Waals surface area contributed by atoms with Crippen molar-refractivity contribution >= 4 is 29.9 Å². The molecule has 0 spiro atoms. The molecule has 1 aliphatic heterocycles. The number of nitrogens with zero attached hydrogens (tertiary/aromatic N) is 2. The van der Waals surface area contributed by atoms with Crippen molar-refractivity contribution in [2.24, 2.45) is 10.7 Å². The highest BCUT2D eigenvalue weighted by Crippen LogP contribution is 2.21. The standard InChI is InChI=1S/C21H28N4O2.HI/c22-21(23-11-4-12-25-13-15-26-16-14-25)24-17-18-7-9-20(10-8-18)27-19-5-2-1-3-6-19;/h1-3,5-10H,4,11-17H2,(H3,22,23,24);1H. The summed E-state index contributed by atoms with van der Waals surface area (Å²) in [6, 6.07) is 17.7. The molecule has 0 amide bonds. The van der Waals surface area contributed by atoms with Gasteiger partial charge in [-0.2, -0.15) is 0 Å². The number of ether oxygens (including phenoxy) is 2. The van der Waals surface area contributed by atoms with Crippen LogP contribution in [0.15, 0.2) is 59.6 Å². The molecule has 6 nitrogen and oxygen atoms in total. The number of hydrogen-bond donors (Lipinski definition) is 2. The van der Waals surface area contributed by atoms with Gasteiger partial charge in [-0.15, -0.1) is 24.0 Å². The summed E-state index contributed by atoms with van der Waals surface area (Å²) in [6.45, 7) is 6.16. The Morgan fingerprint density at radius 2 is 1.71 bits per heavy atom. The molecule has 2 aromatic carbocycles. The summed E-state index contributed by atoms with van der Waals surface area (Å²) in [6.07, 6.45) is 1.04. The zero-order chi connectivity index (χ0) is 18.7. The number of benzene rings is 2. The van der Waals surface area contributed by atoms with Gasteiger partial charge in [-0.05, 0) is 42.8 Å². The Balaban J connectivity index is 0.00000280. The van der Waals surface area contributed by atoms with Gasteiger partial charge in [-0.25, -0.2) is 4.99 Å². The van der Waals surface area contributed by atoms with Crippen molar-refractivity contribution < 1.29 is 9.47 Å². The predicted molar refractivity (Wildman–Crippen MR) is 124 cm³/mol. The van der Waals surface area contributed by atoms with Crippen LogP contribution in [0.25, 0.3) is 0 Å². The van der Waals surface area contributed by atoms with E-state index in [4.69, 9.17) is 15.2 Å². The minimum absolute atomic E-state index is 0. The molecule has 1 fully saturated rings. The smallest absolute Gasteiger partial charge is 0.188 e. The third-order valence-electron chi connectivity index (χ3n) is 4.40. The van der Waals surface area contributed by atoms with Crippen LogP contribution in [0.2, 0.25) is 0 Å². The van der Waals surface area contributed by atoms with Gasteiger partial charge in [0.25, 0.3) is 0 Å². The number of guanidine groups is 1. The van der Waals surface area contributed by atoms with E-state index in [1.54, 1.807) is 0 Å². The number of aliphatic imine (C=N–C) groups is 1. The molecule has 0 aromatic heterocycles. The summed E-state index contributed by atoms with van der Waals surface area (Å²) in [5, 5.41) is 3.18. The molecule has 28 heavy (non-hydrogen) atoms. The Hall–Kier alpha value is -1.84. The number of hydrogen-bond acceptors (Lipinski definition) is 4. The Morgan fingerprint density at radius 1 is 1.04 bits per heavy atom. The van der Waals surface area contributed by atoms with Crippen LogP contribution >= 0.6 is 24.0 Å². The first-order chi connectivity index (χ1) is 13.3. The molecule has 1 saturated heterocycles. The number of nitrogens with one attached hydrogen (secondary N) is 1. The summed E-state index contributed by atoms with van der Waals surface area (Å²) < 4.78 is 11.1. The van der Waals surface area contributed by atoms with Crippen LogP contribution in [-0.4, -0.2) is 50.3 Å². The average molecular weight is 496 g/mol. The molecule has 0 saturated carbocycles. The number of morpholine rings is 1. The van der Waals surface area contributed by atoms with E-state index in [0.717, 1.165) is 62.9 Å². The van der Waals surface area contributed by atoms with Gasteiger partial charge in [0.2, 0.25) is 0 Å². The highest BCUT2D eigenvalue weighted by Gasteiger charge is 2.08. The van der Waals surface area contributed by atoms with Crippen molar-refractivity contribution in [1.82, 2.24) is 10.2 Å². The van der Waals surface area contributed by atoms with Gasteiger partial charge in [0.05, 0.1) is 19.8 Å². The zero-order valence-electron chi connectivity index (χ0n) is 16.0. The van der Waals surface area contributed by atoms with Crippen LogP contribution in [0, 0.1) is 0 Å². The van der Waals surface area contributed by atoms with Gasteiger partial charge in [-0.3, -0.25) is 4.90 Å². The first-order valence-corrected chi connectivity index (χ1v) is 9.45. The minimum Gasteiger partial charge on any atom is -0.457 e. The van der Waals surface area contributed by atoms with E-state index in [1.807, 2.05) is 54.6 Å². The molecular weight excluding hydrogens is 467 g/mol. The summed E-state index contributed by atoms with van der Waals surface area (Å²) in [7, 11) is 0. The maximum absolute atomic E-state index is 5.95. The Labute approximate surface area is 184 Å². The fraction of sp³-hybridized carbons (Fsp3) is 0.381. The third kappa shape index (κ3) is 8.04. The second-order valence-corrected chi connectivity index (χ2v) is 6.49. The van der Waals surface area contributed by atoms with Crippen molar-refractivity contribution in [3.63, 3.8) is 0 Å². The Kier molecular flexibility index (Phi) is 10.1. The zero-order valence-corrected chi connectivity index (χ0v) is 18.4. The molecule has 3 rings (SSSR count). The summed E-state index contributed by atoms with van der Waals surface area (Å²) in [5.74, 6) is 2.12. The first kappa shape index (κ1) is 22.4. The molecule has 0 aliphatic carbocycles. The van der Waals surface area contributed by atoms with Crippen LogP contribution in [0.3, 0.4) is 0 Å². The molecule has 152 valence electrons. The first-order valence-electron chi connectivity index (χ1n) is 9.45. The molecule has 0 bridgehead atoms. The summed E-state index contributed by atoms with van der Waals surface area (Å²) in [4.78, 5) is 6.82. The van der Waals surface area contributed by atoms with Gasteiger partial charge in [0.15, 0.2) is 5.96 Å². The van der Waals surface area contributed by atoms with Crippen molar-refractivity contribution in [2.75, 3.05) is 39.4 Å². The van der Waals surface area contributed by atoms with E-state index < -0.39 is 0 Å². The highest BCUT2D eigenvalue weighted by molar-refractivity contribution is 14.0. The monoisotopic (exact) mass is 496 g/mol. The van der Waals surface area contributed by atoms with E-state index in [9.17, 15) is 0 Å². The Morgan fingerprint density at radius 3 is 2.43 bits per heavy atom. The normalized spacial score (nSPS) is 14.9. The molecule has 0 unspecified atom stereocenters. The quantitative estimate of drug-likeness (QED) is 0.254. The van der Waals surface area contributed by atoms with Gasteiger partial charge < -0.3 is 20.5 Å². The molecule has 0 radical (unpaired) electrons. The van der Waals surface area contributed by atoms with Crippen molar-refractivity contribution in [3.05, 3.63) is 60.2 Å². The second kappa shape index (κ2) is 12.6. The lowest BCUT2D eigenvalue weighted by molar-refractivity contribution is 0.0376. The lowest BCUT2D eigenvalue weighted by atomic mass is 10.2. The number of rotatable bonds is 8. The minimum atomic E-state index is 0. The Bertz CT molecular complexity index is 704. The molecule has 1 heterocycles. The molecule has 2 aromatic rings. The van der Waals surface area contributed by atoms with Gasteiger partial charge >= 0.3 is 0 Å². The molecule has 0 atom stereocenters. The topological polar surface area (TPSA) is 72.1 Å². The van der Waals surface area contributed by atoms with E-state index >= 15 is 0 Å². The molecule has 3 N–H and O–H groups in total. The number of halogens is 1. The number of para-hydroxylation sites is 1. The second-order valence-electron chi connectivity index (χ2n) is 6.49. The molecule has 7 heteroatoms. The largest absolute Gasteiger partial charge is 0.457 e. The van der Waals surface area contributed by atoms with Crippen LogP contribution in [0.4, 0.5) is 0 Å².